The van der Waals surface area contributed by atoms with Gasteiger partial charge in [-0.1, -0.05) is 67.6 Å². The number of anilines is 1. The third-order valence-electron chi connectivity index (χ3n) is 6.80. The number of rotatable bonds is 8. The van der Waals surface area contributed by atoms with Crippen molar-refractivity contribution in [2.24, 2.45) is 4.99 Å². The van der Waals surface area contributed by atoms with Crippen LogP contribution in [-0.2, 0) is 6.42 Å². The van der Waals surface area contributed by atoms with Crippen molar-refractivity contribution < 1.29 is 22.7 Å². The molecule has 8 nitrogen and oxygen atoms in total. The van der Waals surface area contributed by atoms with E-state index in [1.807, 2.05) is 24.3 Å². The van der Waals surface area contributed by atoms with Gasteiger partial charge in [0.15, 0.2) is 11.0 Å². The second-order valence-corrected chi connectivity index (χ2v) is 11.4. The molecule has 43 heavy (non-hydrogen) atoms. The maximum atomic E-state index is 12.7. The Morgan fingerprint density at radius 2 is 1.84 bits per heavy atom. The van der Waals surface area contributed by atoms with Gasteiger partial charge in [-0.15, -0.1) is 18.3 Å². The molecule has 2 amide bonds. The SMILES string of the molecule is Cc1ccc(N2CCSC2=NC(=O)NCCc2ccc(-c3ncn(-c4ccc(OC(F)(F)F)cc4)n3)cc2)c(C(C)C)c1. The number of benzene rings is 3. The van der Waals surface area contributed by atoms with Crippen LogP contribution in [0.5, 0.6) is 5.75 Å². The van der Waals surface area contributed by atoms with Crippen LogP contribution in [0.25, 0.3) is 17.1 Å². The van der Waals surface area contributed by atoms with Crippen LogP contribution in [0.15, 0.2) is 78.0 Å². The Morgan fingerprint density at radius 1 is 1.09 bits per heavy atom. The molecule has 5 rings (SSSR count). The van der Waals surface area contributed by atoms with E-state index >= 15 is 0 Å². The molecule has 0 bridgehead atoms. The van der Waals surface area contributed by atoms with E-state index in [-0.39, 0.29) is 11.8 Å². The summed E-state index contributed by atoms with van der Waals surface area (Å²) in [6, 6.07) is 19.1. The van der Waals surface area contributed by atoms with E-state index in [9.17, 15) is 18.0 Å². The van der Waals surface area contributed by atoms with Gasteiger partial charge >= 0.3 is 12.4 Å². The van der Waals surface area contributed by atoms with Gasteiger partial charge in [0.25, 0.3) is 0 Å². The van der Waals surface area contributed by atoms with E-state index in [2.05, 4.69) is 69.0 Å². The summed E-state index contributed by atoms with van der Waals surface area (Å²) < 4.78 is 42.6. The lowest BCUT2D eigenvalue weighted by molar-refractivity contribution is -0.274. The number of nitrogens with zero attached hydrogens (tertiary/aromatic N) is 5. The molecule has 2 heterocycles. The summed E-state index contributed by atoms with van der Waals surface area (Å²) in [5, 5.41) is 8.04. The van der Waals surface area contributed by atoms with Crippen LogP contribution in [0.3, 0.4) is 0 Å². The number of hydrogen-bond donors (Lipinski definition) is 1. The number of amides is 2. The number of nitrogens with one attached hydrogen (secondary N) is 1. The highest BCUT2D eigenvalue weighted by atomic mass is 32.2. The molecule has 12 heteroatoms. The summed E-state index contributed by atoms with van der Waals surface area (Å²) in [7, 11) is 0. The molecule has 0 aliphatic carbocycles. The highest BCUT2D eigenvalue weighted by Gasteiger charge is 2.31. The standard InChI is InChI=1S/C31H31F3N6O2S/c1-20(2)26-18-21(3)4-13-27(26)39-16-17-43-30(39)37-29(41)35-15-14-22-5-7-23(8-6-22)28-36-19-40(38-28)24-9-11-25(12-10-24)42-31(32,33)34/h4-13,18-20H,14-17H2,1-3H3,(H,35,41). The Kier molecular flexibility index (Phi) is 9.05. The fraction of sp³-hybridized carbons (Fsp3) is 0.290. The van der Waals surface area contributed by atoms with E-state index in [1.165, 1.54) is 46.4 Å². The summed E-state index contributed by atoms with van der Waals surface area (Å²) in [6.07, 6.45) is -2.63. The first-order valence-electron chi connectivity index (χ1n) is 13.8. The summed E-state index contributed by atoms with van der Waals surface area (Å²) in [5.41, 5.74) is 5.91. The maximum Gasteiger partial charge on any atom is 0.573 e. The molecule has 1 aliphatic heterocycles. The number of alkyl halides is 3. The van der Waals surface area contributed by atoms with E-state index in [0.29, 0.717) is 35.6 Å². The Hall–Kier alpha value is -4.32. The van der Waals surface area contributed by atoms with Crippen LogP contribution in [0.4, 0.5) is 23.7 Å². The third-order valence-corrected chi connectivity index (χ3v) is 7.76. The van der Waals surface area contributed by atoms with Crippen LogP contribution < -0.4 is 15.0 Å². The number of ether oxygens (including phenoxy) is 1. The Morgan fingerprint density at radius 3 is 2.53 bits per heavy atom. The summed E-state index contributed by atoms with van der Waals surface area (Å²) in [6.45, 7) is 7.67. The van der Waals surface area contributed by atoms with Crippen LogP contribution in [-0.4, -0.2) is 51.2 Å². The minimum atomic E-state index is -4.75. The van der Waals surface area contributed by atoms with Crippen molar-refractivity contribution in [3.8, 4) is 22.8 Å². The third kappa shape index (κ3) is 7.75. The molecule has 1 aliphatic rings. The first-order valence-corrected chi connectivity index (χ1v) is 14.8. The Balaban J connectivity index is 1.15. The molecule has 0 unspecified atom stereocenters. The summed E-state index contributed by atoms with van der Waals surface area (Å²) in [5.74, 6) is 1.40. The van der Waals surface area contributed by atoms with E-state index in [0.717, 1.165) is 29.1 Å². The predicted octanol–water partition coefficient (Wildman–Crippen LogP) is 7.13. The monoisotopic (exact) mass is 608 g/mol. The first-order chi connectivity index (χ1) is 20.6. The van der Waals surface area contributed by atoms with Gasteiger partial charge in [-0.25, -0.2) is 14.5 Å². The molecular formula is C31H31F3N6O2S. The summed E-state index contributed by atoms with van der Waals surface area (Å²) >= 11 is 1.59. The molecule has 224 valence electrons. The number of amidine groups is 1. The second kappa shape index (κ2) is 12.9. The van der Waals surface area contributed by atoms with Crippen molar-refractivity contribution in [2.45, 2.75) is 39.5 Å². The Labute approximate surface area is 252 Å². The first kappa shape index (κ1) is 30.1. The molecule has 1 N–H and O–H groups in total. The maximum absolute atomic E-state index is 12.7. The summed E-state index contributed by atoms with van der Waals surface area (Å²) in [4.78, 5) is 23.5. The van der Waals surface area contributed by atoms with Gasteiger partial charge in [0.2, 0.25) is 0 Å². The van der Waals surface area contributed by atoms with Gasteiger partial charge in [0.1, 0.15) is 12.1 Å². The zero-order valence-electron chi connectivity index (χ0n) is 23.9. The van der Waals surface area contributed by atoms with Crippen LogP contribution in [0, 0.1) is 6.92 Å². The predicted molar refractivity (Wildman–Crippen MR) is 163 cm³/mol. The van der Waals surface area contributed by atoms with Gasteiger partial charge < -0.3 is 15.0 Å². The minimum Gasteiger partial charge on any atom is -0.406 e. The van der Waals surface area contributed by atoms with Crippen molar-refractivity contribution in [1.82, 2.24) is 20.1 Å². The lowest BCUT2D eigenvalue weighted by atomic mass is 9.98. The molecule has 0 saturated carbocycles. The van der Waals surface area contributed by atoms with E-state index in [4.69, 9.17) is 0 Å². The highest BCUT2D eigenvalue weighted by molar-refractivity contribution is 8.14. The molecular weight excluding hydrogens is 577 g/mol. The number of aryl methyl sites for hydroxylation is 1. The zero-order valence-corrected chi connectivity index (χ0v) is 24.7. The molecule has 1 saturated heterocycles. The van der Waals surface area contributed by atoms with Crippen LogP contribution >= 0.6 is 11.8 Å². The number of aromatic nitrogens is 3. The number of hydrogen-bond acceptors (Lipinski definition) is 5. The lowest BCUT2D eigenvalue weighted by Crippen LogP contribution is -2.29. The molecule has 0 atom stereocenters. The number of thioether (sulfide) groups is 1. The fourth-order valence-corrected chi connectivity index (χ4v) is 5.63. The fourth-order valence-electron chi connectivity index (χ4n) is 4.68. The topological polar surface area (TPSA) is 84.6 Å². The number of urea groups is 1. The van der Waals surface area contributed by atoms with Crippen molar-refractivity contribution >= 4 is 28.6 Å². The number of carbonyl (C=O) groups excluding carboxylic acids is 1. The van der Waals surface area contributed by atoms with Gasteiger partial charge in [-0.3, -0.25) is 0 Å². The molecule has 1 aromatic heterocycles. The average molecular weight is 609 g/mol. The van der Waals surface area contributed by atoms with Gasteiger partial charge in [0.05, 0.1) is 5.69 Å². The lowest BCUT2D eigenvalue weighted by Gasteiger charge is -2.23. The van der Waals surface area contributed by atoms with Crippen molar-refractivity contribution in [1.29, 1.82) is 0 Å². The quantitative estimate of drug-likeness (QED) is 0.229. The minimum absolute atomic E-state index is 0.308. The van der Waals surface area contributed by atoms with E-state index < -0.39 is 6.36 Å². The van der Waals surface area contributed by atoms with Crippen LogP contribution in [0.2, 0.25) is 0 Å². The number of aliphatic imine (C=N–C) groups is 1. The van der Waals surface area contributed by atoms with Crippen molar-refractivity contribution in [2.75, 3.05) is 23.7 Å². The highest BCUT2D eigenvalue weighted by Crippen LogP contribution is 2.33. The van der Waals surface area contributed by atoms with Gasteiger partial charge in [-0.2, -0.15) is 4.99 Å². The number of halogens is 3. The Bertz CT molecular complexity index is 1600. The largest absolute Gasteiger partial charge is 0.573 e. The normalized spacial score (nSPS) is 14.5. The molecule has 3 aromatic carbocycles. The second-order valence-electron chi connectivity index (χ2n) is 10.3. The van der Waals surface area contributed by atoms with Crippen molar-refractivity contribution in [3.05, 3.63) is 89.7 Å². The van der Waals surface area contributed by atoms with Gasteiger partial charge in [0, 0.05) is 30.1 Å². The van der Waals surface area contributed by atoms with Crippen molar-refractivity contribution in [3.63, 3.8) is 0 Å². The number of carbonyl (C=O) groups is 1. The molecule has 0 spiro atoms. The van der Waals surface area contributed by atoms with Gasteiger partial charge in [-0.05, 0) is 60.7 Å². The smallest absolute Gasteiger partial charge is 0.406 e. The van der Waals surface area contributed by atoms with Crippen LogP contribution in [0.1, 0.15) is 36.5 Å². The molecule has 0 radical (unpaired) electrons. The zero-order chi connectivity index (χ0) is 30.6. The molecule has 1 fully saturated rings. The average Bonchev–Trinajstić information content (AvgIpc) is 3.63. The molecule has 4 aromatic rings. The van der Waals surface area contributed by atoms with E-state index in [1.54, 1.807) is 11.8 Å².